The van der Waals surface area contributed by atoms with E-state index in [0.717, 1.165) is 32.6 Å². The number of aryl methyl sites for hydroxylation is 1. The number of amidine groups is 1. The average molecular weight is 633 g/mol. The van der Waals surface area contributed by atoms with Crippen LogP contribution in [0.1, 0.15) is 21.5 Å². The van der Waals surface area contributed by atoms with Gasteiger partial charge in [-0.25, -0.2) is 4.99 Å². The number of phenols is 1. The van der Waals surface area contributed by atoms with Gasteiger partial charge in [-0.2, -0.15) is 5.11 Å². The van der Waals surface area contributed by atoms with Gasteiger partial charge >= 0.3 is 0 Å². The molecule has 5 aromatic carbocycles. The van der Waals surface area contributed by atoms with E-state index in [9.17, 15) is 9.90 Å². The van der Waals surface area contributed by atoms with Crippen molar-refractivity contribution in [1.82, 2.24) is 10.3 Å². The summed E-state index contributed by atoms with van der Waals surface area (Å²) in [6.07, 6.45) is 0. The summed E-state index contributed by atoms with van der Waals surface area (Å²) >= 11 is 25.0. The number of phenolic OH excluding ortho intramolecular Hbond substituents is 1. The third kappa shape index (κ3) is 4.12. The van der Waals surface area contributed by atoms with Gasteiger partial charge in [0.2, 0.25) is 0 Å². The van der Waals surface area contributed by atoms with Crippen molar-refractivity contribution in [1.29, 1.82) is 0 Å². The first-order chi connectivity index (χ1) is 20.2. The van der Waals surface area contributed by atoms with E-state index in [1.165, 1.54) is 0 Å². The number of amides is 1. The number of hydrogen-bond donors (Lipinski definition) is 3. The fourth-order valence-corrected chi connectivity index (χ4v) is 6.26. The Morgan fingerprint density at radius 3 is 2.21 bits per heavy atom. The molecule has 0 fully saturated rings. The van der Waals surface area contributed by atoms with Crippen LogP contribution in [-0.4, -0.2) is 21.8 Å². The van der Waals surface area contributed by atoms with E-state index >= 15 is 0 Å². The van der Waals surface area contributed by atoms with E-state index in [0.29, 0.717) is 22.6 Å². The first kappa shape index (κ1) is 26.7. The molecular formula is C31H17Cl4N5O2. The van der Waals surface area contributed by atoms with E-state index < -0.39 is 5.91 Å². The number of fused-ring (bicyclic) bond motifs is 6. The number of nitrogens with one attached hydrogen (secondary N) is 2. The first-order valence-electron chi connectivity index (χ1n) is 12.7. The highest BCUT2D eigenvalue weighted by atomic mass is 35.5. The molecule has 2 heterocycles. The van der Waals surface area contributed by atoms with Crippen LogP contribution < -0.4 is 5.32 Å². The lowest BCUT2D eigenvalue weighted by Crippen LogP contribution is -2.21. The number of para-hydroxylation sites is 1. The number of H-pyrrole nitrogens is 1. The number of azo groups is 1. The predicted octanol–water partition coefficient (Wildman–Crippen LogP) is 10.3. The molecule has 0 saturated carbocycles. The van der Waals surface area contributed by atoms with E-state index in [1.54, 1.807) is 24.3 Å². The van der Waals surface area contributed by atoms with E-state index in [4.69, 9.17) is 46.4 Å². The van der Waals surface area contributed by atoms with Crippen LogP contribution in [0.25, 0.3) is 32.6 Å². The Kier molecular flexibility index (Phi) is 6.36. The van der Waals surface area contributed by atoms with Crippen LogP contribution in [0.3, 0.4) is 0 Å². The van der Waals surface area contributed by atoms with Crippen LogP contribution >= 0.6 is 46.4 Å². The summed E-state index contributed by atoms with van der Waals surface area (Å²) in [5, 5.41) is 26.6. The van der Waals surface area contributed by atoms with Crippen molar-refractivity contribution in [3.63, 3.8) is 0 Å². The minimum atomic E-state index is -0.478. The highest BCUT2D eigenvalue weighted by molar-refractivity contribution is 6.55. The van der Waals surface area contributed by atoms with Crippen LogP contribution in [0.15, 0.2) is 82.0 Å². The molecule has 1 aliphatic heterocycles. The molecule has 7 rings (SSSR count). The SMILES string of the molecule is Cc1cc2ccc3c4ccccc4[nH]c3c2c(/N=N\c2ccc(/N=C3\NC(=O)c4c(Cl)c(Cl)c(Cl)c(Cl)c43)cc2)c1O. The molecular weight excluding hydrogens is 616 g/mol. The minimum absolute atomic E-state index is 0.00546. The number of aromatic hydroxyl groups is 1. The molecule has 1 aliphatic rings. The van der Waals surface area contributed by atoms with Gasteiger partial charge in [-0.15, -0.1) is 5.11 Å². The molecule has 206 valence electrons. The minimum Gasteiger partial charge on any atom is -0.505 e. The normalized spacial score (nSPS) is 14.1. The van der Waals surface area contributed by atoms with Crippen LogP contribution in [0.2, 0.25) is 20.1 Å². The number of carbonyl (C=O) groups is 1. The molecule has 0 spiro atoms. The lowest BCUT2D eigenvalue weighted by Gasteiger charge is -2.09. The second kappa shape index (κ2) is 10.00. The fraction of sp³-hybridized carbons (Fsp3) is 0.0323. The monoisotopic (exact) mass is 631 g/mol. The number of aromatic amines is 1. The summed E-state index contributed by atoms with van der Waals surface area (Å²) in [5.41, 5.74) is 4.39. The largest absolute Gasteiger partial charge is 0.505 e. The molecule has 0 radical (unpaired) electrons. The van der Waals surface area contributed by atoms with Gasteiger partial charge in [-0.05, 0) is 54.3 Å². The van der Waals surface area contributed by atoms with Crippen molar-refractivity contribution < 1.29 is 9.90 Å². The summed E-state index contributed by atoms with van der Waals surface area (Å²) in [6, 6.07) is 20.9. The molecule has 1 aromatic heterocycles. The maximum atomic E-state index is 12.6. The van der Waals surface area contributed by atoms with Crippen molar-refractivity contribution in [2.45, 2.75) is 6.92 Å². The number of aromatic nitrogens is 1. The molecule has 0 saturated heterocycles. The van der Waals surface area contributed by atoms with Crippen LogP contribution in [0.5, 0.6) is 5.75 Å². The average Bonchev–Trinajstić information content (AvgIpc) is 3.53. The zero-order chi connectivity index (χ0) is 29.3. The van der Waals surface area contributed by atoms with Crippen molar-refractivity contribution in [2.75, 3.05) is 0 Å². The molecule has 6 aromatic rings. The quantitative estimate of drug-likeness (QED) is 0.103. The first-order valence-corrected chi connectivity index (χ1v) is 14.2. The van der Waals surface area contributed by atoms with Crippen LogP contribution in [-0.2, 0) is 0 Å². The van der Waals surface area contributed by atoms with Gasteiger partial charge in [0.25, 0.3) is 5.91 Å². The molecule has 11 heteroatoms. The number of halogens is 4. The lowest BCUT2D eigenvalue weighted by atomic mass is 10.0. The van der Waals surface area contributed by atoms with Crippen LogP contribution in [0, 0.1) is 6.92 Å². The zero-order valence-corrected chi connectivity index (χ0v) is 24.6. The highest BCUT2D eigenvalue weighted by Gasteiger charge is 2.34. The Balaban J connectivity index is 1.27. The second-order valence-electron chi connectivity index (χ2n) is 9.78. The van der Waals surface area contributed by atoms with Gasteiger partial charge in [0.05, 0.1) is 48.1 Å². The molecule has 42 heavy (non-hydrogen) atoms. The van der Waals surface area contributed by atoms with Gasteiger partial charge in [-0.1, -0.05) is 76.7 Å². The molecule has 0 bridgehead atoms. The molecule has 7 nitrogen and oxygen atoms in total. The van der Waals surface area contributed by atoms with Gasteiger partial charge in [0.15, 0.2) is 0 Å². The third-order valence-electron chi connectivity index (χ3n) is 7.24. The topological polar surface area (TPSA) is 102 Å². The maximum Gasteiger partial charge on any atom is 0.259 e. The number of aliphatic imine (C=N–C) groups is 1. The molecule has 0 aliphatic carbocycles. The maximum absolute atomic E-state index is 12.6. The van der Waals surface area contributed by atoms with Gasteiger partial charge in [-0.3, -0.25) is 4.79 Å². The number of carbonyl (C=O) groups excluding carboxylic acids is 1. The Bertz CT molecular complexity index is 2200. The van der Waals surface area contributed by atoms with Crippen molar-refractivity contribution >= 4 is 108 Å². The van der Waals surface area contributed by atoms with E-state index in [-0.39, 0.29) is 42.8 Å². The number of nitrogens with zero attached hydrogens (tertiary/aromatic N) is 3. The Morgan fingerprint density at radius 2 is 1.45 bits per heavy atom. The summed E-state index contributed by atoms with van der Waals surface area (Å²) in [6.45, 7) is 1.83. The van der Waals surface area contributed by atoms with Crippen molar-refractivity contribution in [3.8, 4) is 5.75 Å². The van der Waals surface area contributed by atoms with Gasteiger partial charge in [0.1, 0.15) is 17.3 Å². The summed E-state index contributed by atoms with van der Waals surface area (Å²) in [7, 11) is 0. The second-order valence-corrected chi connectivity index (χ2v) is 11.3. The van der Waals surface area contributed by atoms with E-state index in [1.807, 2.05) is 37.3 Å². The lowest BCUT2D eigenvalue weighted by molar-refractivity contribution is 0.0983. The molecule has 0 atom stereocenters. The van der Waals surface area contributed by atoms with Gasteiger partial charge < -0.3 is 15.4 Å². The summed E-state index contributed by atoms with van der Waals surface area (Å²) in [5.74, 6) is -0.215. The molecule has 0 unspecified atom stereocenters. The molecule has 3 N–H and O–H groups in total. The Labute approximate surface area is 258 Å². The molecule has 1 amide bonds. The van der Waals surface area contributed by atoms with Gasteiger partial charge in [0, 0.05) is 21.7 Å². The zero-order valence-electron chi connectivity index (χ0n) is 21.6. The standard InChI is InChI=1S/C31H17Cl4N5O2/c1-13-12-14-6-11-18-17-4-2-3-5-19(17)37-27(18)20(14)28(29(13)41)40-39-16-9-7-15(8-10-16)36-30-21-22(31(42)38-30)24(33)26(35)25(34)23(21)32/h2-12,37,41H,1H3,(H,36,38,42)/b40-39-. The third-order valence-corrected chi connectivity index (χ3v) is 9.04. The fourth-order valence-electron chi connectivity index (χ4n) is 5.23. The van der Waals surface area contributed by atoms with E-state index in [2.05, 4.69) is 37.7 Å². The number of rotatable bonds is 3. The van der Waals surface area contributed by atoms with Crippen LogP contribution in [0.4, 0.5) is 17.1 Å². The Morgan fingerprint density at radius 1 is 0.762 bits per heavy atom. The Hall–Kier alpha value is -4.14. The summed E-state index contributed by atoms with van der Waals surface area (Å²) < 4.78 is 0. The smallest absolute Gasteiger partial charge is 0.259 e. The number of hydrogen-bond acceptors (Lipinski definition) is 5. The van der Waals surface area contributed by atoms with Crippen molar-refractivity contribution in [3.05, 3.63) is 104 Å². The van der Waals surface area contributed by atoms with Crippen molar-refractivity contribution in [2.24, 2.45) is 15.2 Å². The highest BCUT2D eigenvalue weighted by Crippen LogP contribution is 2.45. The summed E-state index contributed by atoms with van der Waals surface area (Å²) in [4.78, 5) is 20.6. The number of benzene rings is 5. The predicted molar refractivity (Wildman–Crippen MR) is 170 cm³/mol.